The minimum absolute atomic E-state index is 0.157. The molecular formula is C19H17N5O2. The summed E-state index contributed by atoms with van der Waals surface area (Å²) in [6.07, 6.45) is 1.58. The molecule has 1 unspecified atom stereocenters. The minimum atomic E-state index is -0.468. The van der Waals surface area contributed by atoms with Crippen molar-refractivity contribution in [3.05, 3.63) is 77.6 Å². The highest BCUT2D eigenvalue weighted by atomic mass is 16.2. The average molecular weight is 347 g/mol. The Hall–Kier alpha value is -3.48. The molecule has 1 aliphatic heterocycles. The van der Waals surface area contributed by atoms with Gasteiger partial charge in [-0.2, -0.15) is 0 Å². The first-order chi connectivity index (χ1) is 12.7. The van der Waals surface area contributed by atoms with Gasteiger partial charge in [-0.15, -0.1) is 5.10 Å². The summed E-state index contributed by atoms with van der Waals surface area (Å²) in [4.78, 5) is 28.7. The highest BCUT2D eigenvalue weighted by Gasteiger charge is 2.30. The second kappa shape index (κ2) is 6.79. The fourth-order valence-electron chi connectivity index (χ4n) is 3.04. The van der Waals surface area contributed by atoms with E-state index in [1.54, 1.807) is 29.2 Å². The quantitative estimate of drug-likeness (QED) is 0.753. The molecule has 2 heterocycles. The summed E-state index contributed by atoms with van der Waals surface area (Å²) in [7, 11) is 0. The van der Waals surface area contributed by atoms with Crippen LogP contribution < -0.4 is 10.6 Å². The molecule has 7 nitrogen and oxygen atoms in total. The van der Waals surface area contributed by atoms with E-state index in [-0.39, 0.29) is 24.3 Å². The van der Waals surface area contributed by atoms with Crippen LogP contribution in [0.1, 0.15) is 27.4 Å². The van der Waals surface area contributed by atoms with E-state index in [0.717, 1.165) is 11.1 Å². The first kappa shape index (κ1) is 16.0. The van der Waals surface area contributed by atoms with Crippen LogP contribution >= 0.6 is 0 Å². The van der Waals surface area contributed by atoms with Gasteiger partial charge in [0.25, 0.3) is 5.91 Å². The molecule has 0 saturated heterocycles. The number of nitrogens with one attached hydrogen (secondary N) is 2. The highest BCUT2D eigenvalue weighted by molar-refractivity contribution is 6.03. The van der Waals surface area contributed by atoms with Crippen molar-refractivity contribution in [2.75, 3.05) is 11.9 Å². The van der Waals surface area contributed by atoms with Crippen molar-refractivity contribution in [3.8, 4) is 0 Å². The Kier molecular flexibility index (Phi) is 4.18. The second-order valence-corrected chi connectivity index (χ2v) is 6.09. The first-order valence-corrected chi connectivity index (χ1v) is 8.32. The van der Waals surface area contributed by atoms with E-state index in [0.29, 0.717) is 12.1 Å². The summed E-state index contributed by atoms with van der Waals surface area (Å²) in [5, 5.41) is 9.78. The maximum atomic E-state index is 12.7. The van der Waals surface area contributed by atoms with Gasteiger partial charge in [-0.05, 0) is 17.2 Å². The third-order valence-corrected chi connectivity index (χ3v) is 4.32. The fourth-order valence-corrected chi connectivity index (χ4v) is 3.04. The van der Waals surface area contributed by atoms with Crippen molar-refractivity contribution in [1.29, 1.82) is 0 Å². The molecule has 1 aliphatic rings. The van der Waals surface area contributed by atoms with Crippen LogP contribution in [0.2, 0.25) is 0 Å². The largest absolute Gasteiger partial charge is 0.351 e. The summed E-state index contributed by atoms with van der Waals surface area (Å²) < 4.78 is 1.67. The number of nitrogens with zero attached hydrogens (tertiary/aromatic N) is 3. The molecule has 2 N–H and O–H groups in total. The van der Waals surface area contributed by atoms with E-state index in [1.165, 1.54) is 0 Å². The maximum Gasteiger partial charge on any atom is 0.251 e. The number of carbonyl (C=O) groups excluding carboxylic acids is 2. The van der Waals surface area contributed by atoms with Gasteiger partial charge in [0.2, 0.25) is 11.9 Å². The number of carbonyl (C=O) groups is 2. The standard InChI is InChI=1S/C19H17N5O2/c25-17-15-9-5-4-8-14(15)16(10-20-17)18(26)22-19-21-12-24(23-19)11-13-6-2-1-3-7-13/h1-9,12,16H,10-11H2,(H,20,25)(H,22,23,26). The smallest absolute Gasteiger partial charge is 0.251 e. The zero-order valence-corrected chi connectivity index (χ0v) is 13.9. The van der Waals surface area contributed by atoms with Crippen LogP contribution in [-0.2, 0) is 11.3 Å². The van der Waals surface area contributed by atoms with Crippen LogP contribution in [0, 0.1) is 0 Å². The van der Waals surface area contributed by atoms with Crippen molar-refractivity contribution in [2.24, 2.45) is 0 Å². The van der Waals surface area contributed by atoms with Gasteiger partial charge >= 0.3 is 0 Å². The molecule has 0 fully saturated rings. The minimum Gasteiger partial charge on any atom is -0.351 e. The Labute approximate surface area is 150 Å². The number of benzene rings is 2. The Balaban J connectivity index is 1.48. The van der Waals surface area contributed by atoms with Gasteiger partial charge in [0.1, 0.15) is 6.33 Å². The monoisotopic (exact) mass is 347 g/mol. The Morgan fingerprint density at radius 2 is 1.92 bits per heavy atom. The summed E-state index contributed by atoms with van der Waals surface area (Å²) in [6.45, 7) is 0.832. The topological polar surface area (TPSA) is 88.9 Å². The number of amides is 2. The number of hydrogen-bond acceptors (Lipinski definition) is 4. The van der Waals surface area contributed by atoms with Gasteiger partial charge in [-0.25, -0.2) is 9.67 Å². The van der Waals surface area contributed by atoms with Gasteiger partial charge < -0.3 is 5.32 Å². The van der Waals surface area contributed by atoms with E-state index < -0.39 is 5.92 Å². The first-order valence-electron chi connectivity index (χ1n) is 8.32. The lowest BCUT2D eigenvalue weighted by Crippen LogP contribution is -2.40. The third kappa shape index (κ3) is 3.19. The van der Waals surface area contributed by atoms with Crippen LogP contribution in [-0.4, -0.2) is 33.1 Å². The van der Waals surface area contributed by atoms with Gasteiger partial charge in [-0.1, -0.05) is 48.5 Å². The number of hydrogen-bond donors (Lipinski definition) is 2. The average Bonchev–Trinajstić information content (AvgIpc) is 3.10. The molecular weight excluding hydrogens is 330 g/mol. The Morgan fingerprint density at radius 3 is 2.77 bits per heavy atom. The van der Waals surface area contributed by atoms with Crippen LogP contribution in [0.25, 0.3) is 0 Å². The predicted octanol–water partition coefficient (Wildman–Crippen LogP) is 1.79. The lowest BCUT2D eigenvalue weighted by atomic mass is 9.90. The van der Waals surface area contributed by atoms with Crippen LogP contribution in [0.5, 0.6) is 0 Å². The Bertz CT molecular complexity index is 951. The van der Waals surface area contributed by atoms with Gasteiger partial charge in [0.15, 0.2) is 0 Å². The molecule has 0 radical (unpaired) electrons. The van der Waals surface area contributed by atoms with E-state index in [4.69, 9.17) is 0 Å². The second-order valence-electron chi connectivity index (χ2n) is 6.09. The van der Waals surface area contributed by atoms with E-state index in [1.807, 2.05) is 36.4 Å². The molecule has 2 amide bonds. The summed E-state index contributed by atoms with van der Waals surface area (Å²) >= 11 is 0. The number of aromatic nitrogens is 3. The fraction of sp³-hybridized carbons (Fsp3) is 0.158. The summed E-state index contributed by atoms with van der Waals surface area (Å²) in [6, 6.07) is 17.0. The van der Waals surface area contributed by atoms with E-state index in [2.05, 4.69) is 20.7 Å². The van der Waals surface area contributed by atoms with Gasteiger partial charge in [0, 0.05) is 12.1 Å². The van der Waals surface area contributed by atoms with Crippen molar-refractivity contribution < 1.29 is 9.59 Å². The van der Waals surface area contributed by atoms with E-state index in [9.17, 15) is 9.59 Å². The molecule has 1 atom stereocenters. The van der Waals surface area contributed by atoms with Crippen LogP contribution in [0.3, 0.4) is 0 Å². The number of rotatable bonds is 4. The predicted molar refractivity (Wildman–Crippen MR) is 95.7 cm³/mol. The highest BCUT2D eigenvalue weighted by Crippen LogP contribution is 2.24. The van der Waals surface area contributed by atoms with Gasteiger partial charge in [-0.3, -0.25) is 14.9 Å². The zero-order valence-electron chi connectivity index (χ0n) is 13.9. The molecule has 1 aromatic heterocycles. The van der Waals surface area contributed by atoms with Gasteiger partial charge in [0.05, 0.1) is 12.5 Å². The molecule has 0 saturated carbocycles. The van der Waals surface area contributed by atoms with Crippen LogP contribution in [0.4, 0.5) is 5.95 Å². The molecule has 26 heavy (non-hydrogen) atoms. The van der Waals surface area contributed by atoms with Crippen molar-refractivity contribution in [1.82, 2.24) is 20.1 Å². The third-order valence-electron chi connectivity index (χ3n) is 4.32. The van der Waals surface area contributed by atoms with Crippen molar-refractivity contribution in [3.63, 3.8) is 0 Å². The number of fused-ring (bicyclic) bond motifs is 1. The molecule has 2 aromatic carbocycles. The molecule has 0 spiro atoms. The summed E-state index contributed by atoms with van der Waals surface area (Å²) in [5.74, 6) is -0.616. The zero-order chi connectivity index (χ0) is 17.9. The molecule has 3 aromatic rings. The molecule has 4 rings (SSSR count). The molecule has 7 heteroatoms. The molecule has 0 aliphatic carbocycles. The molecule has 0 bridgehead atoms. The molecule has 130 valence electrons. The Morgan fingerprint density at radius 1 is 1.15 bits per heavy atom. The maximum absolute atomic E-state index is 12.7. The summed E-state index contributed by atoms with van der Waals surface area (Å²) in [5.41, 5.74) is 2.35. The van der Waals surface area contributed by atoms with E-state index >= 15 is 0 Å². The van der Waals surface area contributed by atoms with Crippen molar-refractivity contribution in [2.45, 2.75) is 12.5 Å². The lowest BCUT2D eigenvalue weighted by Gasteiger charge is -2.24. The van der Waals surface area contributed by atoms with Crippen LogP contribution in [0.15, 0.2) is 60.9 Å². The number of anilines is 1. The van der Waals surface area contributed by atoms with Crippen molar-refractivity contribution >= 4 is 17.8 Å². The normalized spacial score (nSPS) is 15.8. The lowest BCUT2D eigenvalue weighted by molar-refractivity contribution is -0.117. The SMILES string of the molecule is O=C1NCC(C(=O)Nc2ncn(Cc3ccccc3)n2)c2ccccc21.